The van der Waals surface area contributed by atoms with Crippen molar-refractivity contribution in [2.24, 2.45) is 0 Å². The van der Waals surface area contributed by atoms with Crippen LogP contribution in [0.3, 0.4) is 0 Å². The molecule has 0 fully saturated rings. The zero-order chi connectivity index (χ0) is 13.1. The van der Waals surface area contributed by atoms with Crippen LogP contribution in [0.4, 0.5) is 5.69 Å². The van der Waals surface area contributed by atoms with Crippen LogP contribution in [0.15, 0.2) is 12.1 Å². The molecule has 1 aromatic heterocycles. The summed E-state index contributed by atoms with van der Waals surface area (Å²) in [5.41, 5.74) is 6.22. The highest BCUT2D eigenvalue weighted by Gasteiger charge is 2.22. The maximum atomic E-state index is 5.79. The molecule has 0 aliphatic carbocycles. The predicted molar refractivity (Wildman–Crippen MR) is 68.5 cm³/mol. The predicted octanol–water partition coefficient (Wildman–Crippen LogP) is 1.39. The standard InChI is InChI=1S/C12H21N3O2/c1-12(2,15(3)4)8-17-11-9(13)6-7-10(14-11)16-5/h6-7H,8,13H2,1-5H3. The fourth-order valence-electron chi connectivity index (χ4n) is 1.04. The Morgan fingerprint density at radius 3 is 2.53 bits per heavy atom. The quantitative estimate of drug-likeness (QED) is 0.841. The smallest absolute Gasteiger partial charge is 0.240 e. The first kappa shape index (κ1) is 13.6. The second-order valence-corrected chi connectivity index (χ2v) is 4.74. The number of likely N-dealkylation sites (N-methyl/N-ethyl adjacent to an activating group) is 1. The van der Waals surface area contributed by atoms with Crippen LogP contribution in [0.5, 0.6) is 11.8 Å². The molecule has 0 aromatic carbocycles. The second kappa shape index (κ2) is 5.23. The molecule has 1 rings (SSSR count). The molecule has 0 radical (unpaired) electrons. The molecule has 0 spiro atoms. The number of nitrogens with two attached hydrogens (primary N) is 1. The number of pyridine rings is 1. The van der Waals surface area contributed by atoms with E-state index in [1.54, 1.807) is 19.2 Å². The van der Waals surface area contributed by atoms with Crippen molar-refractivity contribution in [3.05, 3.63) is 12.1 Å². The minimum absolute atomic E-state index is 0.0861. The van der Waals surface area contributed by atoms with Crippen LogP contribution >= 0.6 is 0 Å². The van der Waals surface area contributed by atoms with Crippen LogP contribution in [0.1, 0.15) is 13.8 Å². The number of methoxy groups -OCH3 is 1. The van der Waals surface area contributed by atoms with Crippen LogP contribution < -0.4 is 15.2 Å². The average Bonchev–Trinajstić information content (AvgIpc) is 2.28. The zero-order valence-electron chi connectivity index (χ0n) is 11.2. The molecule has 0 amide bonds. The Bertz CT molecular complexity index is 378. The summed E-state index contributed by atoms with van der Waals surface area (Å²) < 4.78 is 10.7. The Morgan fingerprint density at radius 1 is 1.35 bits per heavy atom. The van der Waals surface area contributed by atoms with Gasteiger partial charge in [0, 0.05) is 11.6 Å². The second-order valence-electron chi connectivity index (χ2n) is 4.74. The van der Waals surface area contributed by atoms with Gasteiger partial charge in [-0.3, -0.25) is 0 Å². The van der Waals surface area contributed by atoms with Gasteiger partial charge in [0.05, 0.1) is 12.8 Å². The molecule has 0 atom stereocenters. The van der Waals surface area contributed by atoms with Crippen LogP contribution in [-0.2, 0) is 0 Å². The van der Waals surface area contributed by atoms with E-state index in [1.165, 1.54) is 0 Å². The highest BCUT2D eigenvalue weighted by atomic mass is 16.5. The summed E-state index contributed by atoms with van der Waals surface area (Å²) in [6, 6.07) is 3.43. The van der Waals surface area contributed by atoms with E-state index in [4.69, 9.17) is 15.2 Å². The molecule has 2 N–H and O–H groups in total. The Balaban J connectivity index is 2.75. The number of rotatable bonds is 5. The van der Waals surface area contributed by atoms with E-state index in [0.717, 1.165) is 0 Å². The Morgan fingerprint density at radius 2 is 2.00 bits per heavy atom. The topological polar surface area (TPSA) is 60.6 Å². The van der Waals surface area contributed by atoms with E-state index in [1.807, 2.05) is 14.1 Å². The minimum Gasteiger partial charge on any atom is -0.481 e. The van der Waals surface area contributed by atoms with Crippen molar-refractivity contribution in [2.45, 2.75) is 19.4 Å². The molecule has 0 aliphatic rings. The molecule has 17 heavy (non-hydrogen) atoms. The number of hydrogen-bond acceptors (Lipinski definition) is 5. The molecule has 1 aromatic rings. The van der Waals surface area contributed by atoms with Gasteiger partial charge in [0.25, 0.3) is 0 Å². The van der Waals surface area contributed by atoms with Crippen molar-refractivity contribution in [1.82, 2.24) is 9.88 Å². The monoisotopic (exact) mass is 239 g/mol. The van der Waals surface area contributed by atoms with Gasteiger partial charge >= 0.3 is 0 Å². The third-order valence-corrected chi connectivity index (χ3v) is 2.85. The highest BCUT2D eigenvalue weighted by molar-refractivity contribution is 5.49. The summed E-state index contributed by atoms with van der Waals surface area (Å²) in [5.74, 6) is 0.913. The molecular weight excluding hydrogens is 218 g/mol. The first-order valence-corrected chi connectivity index (χ1v) is 5.47. The molecule has 0 saturated heterocycles. The lowest BCUT2D eigenvalue weighted by molar-refractivity contribution is 0.111. The number of nitrogens with zero attached hydrogens (tertiary/aromatic N) is 2. The fourth-order valence-corrected chi connectivity index (χ4v) is 1.04. The van der Waals surface area contributed by atoms with Crippen molar-refractivity contribution in [1.29, 1.82) is 0 Å². The molecule has 0 saturated carbocycles. The third kappa shape index (κ3) is 3.49. The van der Waals surface area contributed by atoms with E-state index in [9.17, 15) is 0 Å². The highest BCUT2D eigenvalue weighted by Crippen LogP contribution is 2.23. The Kier molecular flexibility index (Phi) is 4.17. The van der Waals surface area contributed by atoms with Gasteiger partial charge in [-0.2, -0.15) is 4.98 Å². The van der Waals surface area contributed by atoms with Crippen LogP contribution in [0.2, 0.25) is 0 Å². The lowest BCUT2D eigenvalue weighted by atomic mass is 10.1. The zero-order valence-corrected chi connectivity index (χ0v) is 11.2. The van der Waals surface area contributed by atoms with E-state index in [0.29, 0.717) is 24.1 Å². The third-order valence-electron chi connectivity index (χ3n) is 2.85. The molecule has 96 valence electrons. The van der Waals surface area contributed by atoms with Crippen LogP contribution in [0.25, 0.3) is 0 Å². The number of ether oxygens (including phenoxy) is 2. The SMILES string of the molecule is COc1ccc(N)c(OCC(C)(C)N(C)C)n1. The van der Waals surface area contributed by atoms with E-state index in [2.05, 4.69) is 23.7 Å². The van der Waals surface area contributed by atoms with Gasteiger partial charge in [0.2, 0.25) is 11.8 Å². The molecule has 0 unspecified atom stereocenters. The van der Waals surface area contributed by atoms with E-state index >= 15 is 0 Å². The minimum atomic E-state index is -0.0861. The first-order valence-electron chi connectivity index (χ1n) is 5.47. The van der Waals surface area contributed by atoms with Crippen molar-refractivity contribution in [2.75, 3.05) is 33.5 Å². The summed E-state index contributed by atoms with van der Waals surface area (Å²) >= 11 is 0. The van der Waals surface area contributed by atoms with Gasteiger partial charge in [0.1, 0.15) is 6.61 Å². The summed E-state index contributed by atoms with van der Waals surface area (Å²) in [7, 11) is 5.57. The van der Waals surface area contributed by atoms with Crippen molar-refractivity contribution >= 4 is 5.69 Å². The lowest BCUT2D eigenvalue weighted by Crippen LogP contribution is -2.43. The Labute approximate surface area is 103 Å². The van der Waals surface area contributed by atoms with Gasteiger partial charge in [-0.15, -0.1) is 0 Å². The summed E-state index contributed by atoms with van der Waals surface area (Å²) in [6.45, 7) is 4.68. The lowest BCUT2D eigenvalue weighted by Gasteiger charge is -2.32. The van der Waals surface area contributed by atoms with Crippen LogP contribution in [0, 0.1) is 0 Å². The van der Waals surface area contributed by atoms with E-state index in [-0.39, 0.29) is 5.54 Å². The molecule has 0 aliphatic heterocycles. The number of anilines is 1. The van der Waals surface area contributed by atoms with Gasteiger partial charge < -0.3 is 20.1 Å². The van der Waals surface area contributed by atoms with Crippen molar-refractivity contribution in [3.8, 4) is 11.8 Å². The Hall–Kier alpha value is -1.49. The first-order chi connectivity index (χ1) is 7.86. The molecule has 5 heteroatoms. The van der Waals surface area contributed by atoms with Gasteiger partial charge in [-0.1, -0.05) is 0 Å². The maximum absolute atomic E-state index is 5.79. The van der Waals surface area contributed by atoms with E-state index < -0.39 is 0 Å². The van der Waals surface area contributed by atoms with Gasteiger partial charge in [-0.25, -0.2) is 0 Å². The van der Waals surface area contributed by atoms with Crippen LogP contribution in [-0.4, -0.2) is 43.2 Å². The maximum Gasteiger partial charge on any atom is 0.240 e. The molecule has 1 heterocycles. The average molecular weight is 239 g/mol. The fraction of sp³-hybridized carbons (Fsp3) is 0.583. The normalized spacial score (nSPS) is 11.6. The van der Waals surface area contributed by atoms with Gasteiger partial charge in [0.15, 0.2) is 0 Å². The summed E-state index contributed by atoms with van der Waals surface area (Å²) in [5, 5.41) is 0. The summed E-state index contributed by atoms with van der Waals surface area (Å²) in [4.78, 5) is 6.25. The molecular formula is C12H21N3O2. The van der Waals surface area contributed by atoms with Gasteiger partial charge in [-0.05, 0) is 34.0 Å². The largest absolute Gasteiger partial charge is 0.481 e. The number of aromatic nitrogens is 1. The summed E-state index contributed by atoms with van der Waals surface area (Å²) in [6.07, 6.45) is 0. The van der Waals surface area contributed by atoms with Crippen molar-refractivity contribution < 1.29 is 9.47 Å². The molecule has 0 bridgehead atoms. The number of hydrogen-bond donors (Lipinski definition) is 1. The molecule has 5 nitrogen and oxygen atoms in total. The van der Waals surface area contributed by atoms with Crippen molar-refractivity contribution in [3.63, 3.8) is 0 Å². The number of nitrogen functional groups attached to an aromatic ring is 1.